The number of carbonyl (C=O) groups is 2. The topological polar surface area (TPSA) is 92.2 Å². The van der Waals surface area contributed by atoms with Crippen molar-refractivity contribution in [1.29, 1.82) is 0 Å². The molecule has 0 saturated heterocycles. The zero-order valence-corrected chi connectivity index (χ0v) is 16.0. The van der Waals surface area contributed by atoms with Gasteiger partial charge < -0.3 is 15.5 Å². The first-order valence-corrected chi connectivity index (χ1v) is 9.17. The molecule has 1 aromatic carbocycles. The molecule has 0 fully saturated rings. The third-order valence-electron chi connectivity index (χ3n) is 4.78. The molecule has 30 heavy (non-hydrogen) atoms. The van der Waals surface area contributed by atoms with Crippen LogP contribution in [0.15, 0.2) is 48.9 Å². The fraction of sp³-hybridized carbons (Fsp3) is 0.200. The van der Waals surface area contributed by atoms with Gasteiger partial charge in [0.1, 0.15) is 17.5 Å². The lowest BCUT2D eigenvalue weighted by molar-refractivity contribution is -0.119. The molecule has 0 radical (unpaired) electrons. The average Bonchev–Trinajstić information content (AvgIpc) is 3.14. The maximum atomic E-state index is 14.1. The number of likely N-dealkylation sites (N-methyl/N-ethyl adjacent to an activating group) is 1. The Labute approximate surface area is 170 Å². The Morgan fingerprint density at radius 3 is 2.93 bits per heavy atom. The van der Waals surface area contributed by atoms with Crippen LogP contribution in [-0.2, 0) is 11.2 Å². The largest absolute Gasteiger partial charge is 0.381 e. The smallest absolute Gasteiger partial charge is 0.342 e. The van der Waals surface area contributed by atoms with Crippen LogP contribution in [0.2, 0.25) is 0 Å². The van der Waals surface area contributed by atoms with Crippen LogP contribution in [-0.4, -0.2) is 46.3 Å². The van der Waals surface area contributed by atoms with Gasteiger partial charge in [0.2, 0.25) is 5.95 Å². The molecule has 2 aromatic heterocycles. The number of pyridine rings is 1. The van der Waals surface area contributed by atoms with Crippen LogP contribution in [0.4, 0.5) is 25.0 Å². The molecule has 0 spiro atoms. The molecule has 8 nitrogen and oxygen atoms in total. The minimum atomic E-state index is -0.940. The van der Waals surface area contributed by atoms with Gasteiger partial charge in [0.25, 0.3) is 5.91 Å². The van der Waals surface area contributed by atoms with Gasteiger partial charge in [-0.15, -0.1) is 0 Å². The zero-order chi connectivity index (χ0) is 21.3. The lowest BCUT2D eigenvalue weighted by Gasteiger charge is -2.21. The van der Waals surface area contributed by atoms with E-state index in [0.717, 1.165) is 15.1 Å². The van der Waals surface area contributed by atoms with Crippen molar-refractivity contribution in [2.75, 3.05) is 23.8 Å². The van der Waals surface area contributed by atoms with Crippen molar-refractivity contribution in [1.82, 2.24) is 20.1 Å². The number of benzene rings is 1. The molecule has 2 N–H and O–H groups in total. The lowest BCUT2D eigenvalue weighted by atomic mass is 10.1. The van der Waals surface area contributed by atoms with E-state index >= 15 is 0 Å². The van der Waals surface area contributed by atoms with E-state index in [1.165, 1.54) is 37.8 Å². The number of anilines is 2. The van der Waals surface area contributed by atoms with Gasteiger partial charge in [-0.2, -0.15) is 14.2 Å². The van der Waals surface area contributed by atoms with E-state index in [1.807, 2.05) is 0 Å². The SMILES string of the molecule is CN1C(=O)[C@@H](NC(=O)n2cc(Cc3cccc(F)c3)cn2)CNc2ccnc(F)c21. The van der Waals surface area contributed by atoms with Gasteiger partial charge in [0.05, 0.1) is 11.9 Å². The van der Waals surface area contributed by atoms with Crippen molar-refractivity contribution in [2.45, 2.75) is 12.5 Å². The van der Waals surface area contributed by atoms with Crippen LogP contribution in [0.3, 0.4) is 0 Å². The molecule has 10 heteroatoms. The summed E-state index contributed by atoms with van der Waals surface area (Å²) in [6.07, 6.45) is 4.71. The normalized spacial score (nSPS) is 15.9. The van der Waals surface area contributed by atoms with Gasteiger partial charge in [0.15, 0.2) is 0 Å². The predicted molar refractivity (Wildman–Crippen MR) is 105 cm³/mol. The highest BCUT2D eigenvalue weighted by Crippen LogP contribution is 2.29. The first kappa shape index (κ1) is 19.5. The summed E-state index contributed by atoms with van der Waals surface area (Å²) in [5, 5.41) is 9.57. The van der Waals surface area contributed by atoms with E-state index in [-0.39, 0.29) is 18.0 Å². The Balaban J connectivity index is 1.46. The van der Waals surface area contributed by atoms with Crippen molar-refractivity contribution < 1.29 is 18.4 Å². The summed E-state index contributed by atoms with van der Waals surface area (Å²) in [7, 11) is 1.42. The van der Waals surface area contributed by atoms with E-state index in [4.69, 9.17) is 0 Å². The maximum Gasteiger partial charge on any atom is 0.342 e. The summed E-state index contributed by atoms with van der Waals surface area (Å²) in [4.78, 5) is 30.0. The van der Waals surface area contributed by atoms with Crippen molar-refractivity contribution in [3.05, 3.63) is 71.8 Å². The van der Waals surface area contributed by atoms with E-state index in [9.17, 15) is 18.4 Å². The molecule has 0 bridgehead atoms. The quantitative estimate of drug-likeness (QED) is 0.644. The van der Waals surface area contributed by atoms with Crippen molar-refractivity contribution in [3.8, 4) is 0 Å². The molecule has 3 aromatic rings. The molecule has 2 amide bonds. The number of amides is 2. The molecule has 0 unspecified atom stereocenters. The second kappa shape index (κ2) is 7.90. The molecular weight excluding hydrogens is 394 g/mol. The van der Waals surface area contributed by atoms with Gasteiger partial charge in [-0.25, -0.2) is 14.2 Å². The summed E-state index contributed by atoms with van der Waals surface area (Å²) in [5.74, 6) is -1.61. The highest BCUT2D eigenvalue weighted by Gasteiger charge is 2.31. The van der Waals surface area contributed by atoms with Crippen LogP contribution in [0.1, 0.15) is 11.1 Å². The predicted octanol–water partition coefficient (Wildman–Crippen LogP) is 2.16. The number of aromatic nitrogens is 3. The molecule has 3 heterocycles. The highest BCUT2D eigenvalue weighted by molar-refractivity contribution is 6.02. The van der Waals surface area contributed by atoms with Gasteiger partial charge in [0, 0.05) is 32.4 Å². The third-order valence-corrected chi connectivity index (χ3v) is 4.78. The van der Waals surface area contributed by atoms with Crippen LogP contribution in [0.25, 0.3) is 0 Å². The molecule has 1 aliphatic rings. The highest BCUT2D eigenvalue weighted by atomic mass is 19.1. The van der Waals surface area contributed by atoms with Gasteiger partial charge in [-0.1, -0.05) is 12.1 Å². The number of nitrogens with one attached hydrogen (secondary N) is 2. The standard InChI is InChI=1S/C20H18F2N6O2/c1-27-17-15(5-6-23-18(17)22)24-10-16(19(27)29)26-20(30)28-11-13(9-25-28)7-12-3-2-4-14(21)8-12/h2-6,8-9,11,16,24H,7,10H2,1H3,(H,26,30)/t16-/m0/s1. The van der Waals surface area contributed by atoms with E-state index in [0.29, 0.717) is 17.7 Å². The van der Waals surface area contributed by atoms with E-state index in [2.05, 4.69) is 20.7 Å². The zero-order valence-electron chi connectivity index (χ0n) is 16.0. The first-order valence-electron chi connectivity index (χ1n) is 9.17. The van der Waals surface area contributed by atoms with Crippen LogP contribution in [0, 0.1) is 11.8 Å². The molecule has 0 aliphatic carbocycles. The molecule has 0 saturated carbocycles. The van der Waals surface area contributed by atoms with Crippen molar-refractivity contribution in [2.24, 2.45) is 0 Å². The minimum Gasteiger partial charge on any atom is -0.381 e. The monoisotopic (exact) mass is 412 g/mol. The lowest BCUT2D eigenvalue weighted by Crippen LogP contribution is -2.50. The van der Waals surface area contributed by atoms with Crippen molar-refractivity contribution in [3.63, 3.8) is 0 Å². The summed E-state index contributed by atoms with van der Waals surface area (Å²) >= 11 is 0. The number of fused-ring (bicyclic) bond motifs is 1. The summed E-state index contributed by atoms with van der Waals surface area (Å²) in [6.45, 7) is 0.0722. The summed E-state index contributed by atoms with van der Waals surface area (Å²) in [5.41, 5.74) is 1.88. The third kappa shape index (κ3) is 3.84. The summed E-state index contributed by atoms with van der Waals surface area (Å²) in [6, 6.07) is 6.16. The fourth-order valence-corrected chi connectivity index (χ4v) is 3.31. The first-order chi connectivity index (χ1) is 14.4. The van der Waals surface area contributed by atoms with Gasteiger partial charge >= 0.3 is 6.03 Å². The van der Waals surface area contributed by atoms with E-state index < -0.39 is 23.9 Å². The molecule has 1 atom stereocenters. The number of halogens is 2. The Morgan fingerprint density at radius 2 is 2.13 bits per heavy atom. The fourth-order valence-electron chi connectivity index (χ4n) is 3.31. The second-order valence-electron chi connectivity index (χ2n) is 6.88. The van der Waals surface area contributed by atoms with E-state index in [1.54, 1.807) is 18.2 Å². The van der Waals surface area contributed by atoms with Crippen molar-refractivity contribution >= 4 is 23.3 Å². The Hall–Kier alpha value is -3.82. The Bertz CT molecular complexity index is 1120. The maximum absolute atomic E-state index is 14.1. The number of rotatable bonds is 3. The Kier molecular flexibility index (Phi) is 5.13. The second-order valence-corrected chi connectivity index (χ2v) is 6.88. The molecule has 154 valence electrons. The van der Waals surface area contributed by atoms with Gasteiger partial charge in [-0.05, 0) is 29.3 Å². The Morgan fingerprint density at radius 1 is 1.30 bits per heavy atom. The summed E-state index contributed by atoms with van der Waals surface area (Å²) < 4.78 is 28.5. The molecular formula is C20H18F2N6O2. The number of hydrogen-bond donors (Lipinski definition) is 2. The average molecular weight is 412 g/mol. The number of nitrogens with zero attached hydrogens (tertiary/aromatic N) is 4. The van der Waals surface area contributed by atoms with Crippen LogP contribution >= 0.6 is 0 Å². The minimum absolute atomic E-state index is 0.0238. The van der Waals surface area contributed by atoms with Gasteiger partial charge in [-0.3, -0.25) is 4.79 Å². The molecule has 4 rings (SSSR count). The van der Waals surface area contributed by atoms with Crippen LogP contribution < -0.4 is 15.5 Å². The number of hydrogen-bond acceptors (Lipinski definition) is 5. The number of carbonyl (C=O) groups excluding carboxylic acids is 2. The van der Waals surface area contributed by atoms with Crippen LogP contribution in [0.5, 0.6) is 0 Å². The molecule has 1 aliphatic heterocycles.